The number of methoxy groups -OCH3 is 3. The van der Waals surface area contributed by atoms with Gasteiger partial charge < -0.3 is 56.8 Å². The van der Waals surface area contributed by atoms with Crippen LogP contribution in [0.5, 0.6) is 17.2 Å². The van der Waals surface area contributed by atoms with E-state index in [-0.39, 0.29) is 47.1 Å². The molecule has 0 fully saturated rings. The number of carbonyl (C=O) groups is 9. The van der Waals surface area contributed by atoms with Crippen LogP contribution in [0.25, 0.3) is 0 Å². The average molecular weight is 1310 g/mol. The molecule has 0 aromatic heterocycles. The van der Waals surface area contributed by atoms with Crippen molar-refractivity contribution in [1.29, 1.82) is 0 Å². The first-order valence-corrected chi connectivity index (χ1v) is 30.9. The van der Waals surface area contributed by atoms with Crippen molar-refractivity contribution in [2.24, 2.45) is 35.5 Å². The van der Waals surface area contributed by atoms with Crippen molar-refractivity contribution >= 4 is 53.7 Å². The molecule has 94 heavy (non-hydrogen) atoms. The van der Waals surface area contributed by atoms with Crippen LogP contribution in [-0.4, -0.2) is 133 Å². The normalized spacial score (nSPS) is 17.9. The Kier molecular flexibility index (Phi) is 41.9. The van der Waals surface area contributed by atoms with Crippen molar-refractivity contribution in [3.8, 4) is 17.2 Å². The van der Waals surface area contributed by atoms with E-state index in [2.05, 4.69) is 47.4 Å². The third-order valence-electron chi connectivity index (χ3n) is 13.9. The van der Waals surface area contributed by atoms with Crippen LogP contribution < -0.4 is 14.2 Å². The lowest BCUT2D eigenvalue weighted by atomic mass is 9.83. The van der Waals surface area contributed by atoms with Gasteiger partial charge in [-0.3, -0.25) is 28.8 Å². The second kappa shape index (κ2) is 47.6. The highest BCUT2D eigenvalue weighted by Crippen LogP contribution is 2.32. The molecule has 0 amide bonds. The van der Waals surface area contributed by atoms with Gasteiger partial charge in [-0.2, -0.15) is 0 Å². The SMILES string of the molecule is C.C=CC(=O)OCC(COc1ccccc1C)OC(=O)C1CC=CCC1C(=O)OC.C=CC(=O)OCC(COc1ccccc1C)OC(=O)C1CC=CCC1C(=O)OC.C=CC(=O)OCC(COc1ccccc1C)OC(=O)C1CC=CCC1C(=O)OC.CCC.CCC. The maximum atomic E-state index is 12.8. The fraction of sp³-hybridized carbons (Fsp3) is 0.466. The van der Waals surface area contributed by atoms with E-state index in [4.69, 9.17) is 56.8 Å². The highest BCUT2D eigenvalue weighted by atomic mass is 16.6. The molecule has 0 aliphatic heterocycles. The van der Waals surface area contributed by atoms with Crippen LogP contribution in [0.15, 0.2) is 147 Å². The summed E-state index contributed by atoms with van der Waals surface area (Å²) in [5.41, 5.74) is 2.76. The summed E-state index contributed by atoms with van der Waals surface area (Å²) in [5, 5.41) is 0. The maximum absolute atomic E-state index is 12.8. The molecule has 0 saturated carbocycles. The number of para-hydroxylation sites is 3. The molecule has 0 N–H and O–H groups in total. The van der Waals surface area contributed by atoms with Gasteiger partial charge in [0.1, 0.15) is 56.9 Å². The summed E-state index contributed by atoms with van der Waals surface area (Å²) in [5.74, 6) is -6.83. The van der Waals surface area contributed by atoms with E-state index in [0.717, 1.165) is 34.9 Å². The number of hydrogen-bond acceptors (Lipinski definition) is 21. The first-order valence-electron chi connectivity index (χ1n) is 30.9. The maximum Gasteiger partial charge on any atom is 0.330 e. The van der Waals surface area contributed by atoms with Gasteiger partial charge in [0.25, 0.3) is 0 Å². The zero-order chi connectivity index (χ0) is 69.1. The lowest BCUT2D eigenvalue weighted by molar-refractivity contribution is -0.168. The van der Waals surface area contributed by atoms with Gasteiger partial charge >= 0.3 is 53.7 Å². The molecule has 3 aliphatic carbocycles. The zero-order valence-electron chi connectivity index (χ0n) is 55.4. The Morgan fingerprint density at radius 2 is 0.574 bits per heavy atom. The van der Waals surface area contributed by atoms with Gasteiger partial charge in [-0.1, -0.05) is 159 Å². The average Bonchev–Trinajstić information content (AvgIpc) is 0.960. The van der Waals surface area contributed by atoms with E-state index in [0.29, 0.717) is 55.8 Å². The van der Waals surface area contributed by atoms with Gasteiger partial charge in [-0.25, -0.2) is 14.4 Å². The third-order valence-corrected chi connectivity index (χ3v) is 13.9. The first kappa shape index (κ1) is 82.7. The van der Waals surface area contributed by atoms with E-state index in [1.54, 1.807) is 18.2 Å². The van der Waals surface area contributed by atoms with Crippen LogP contribution in [0.1, 0.15) is 103 Å². The second-order valence-corrected chi connectivity index (χ2v) is 21.4. The van der Waals surface area contributed by atoms with Crippen molar-refractivity contribution in [2.45, 2.75) is 126 Å². The molecule has 9 atom stereocenters. The third kappa shape index (κ3) is 30.4. The van der Waals surface area contributed by atoms with Gasteiger partial charge in [-0.05, 0) is 94.2 Å². The van der Waals surface area contributed by atoms with Crippen molar-refractivity contribution in [3.63, 3.8) is 0 Å². The van der Waals surface area contributed by atoms with E-state index < -0.39 is 108 Å². The second-order valence-electron chi connectivity index (χ2n) is 21.4. The summed E-state index contributed by atoms with van der Waals surface area (Å²) in [6.45, 7) is 23.6. The Labute approximate surface area is 554 Å². The number of ether oxygens (including phenoxy) is 12. The van der Waals surface area contributed by atoms with Crippen LogP contribution in [0.4, 0.5) is 0 Å². The van der Waals surface area contributed by atoms with Crippen LogP contribution >= 0.6 is 0 Å². The number of esters is 9. The van der Waals surface area contributed by atoms with Crippen LogP contribution in [-0.2, 0) is 85.8 Å². The lowest BCUT2D eigenvalue weighted by Crippen LogP contribution is -2.38. The summed E-state index contributed by atoms with van der Waals surface area (Å²) in [6.07, 6.45) is 16.4. The summed E-state index contributed by atoms with van der Waals surface area (Å²) in [6, 6.07) is 22.2. The Balaban J connectivity index is 0.000000671. The summed E-state index contributed by atoms with van der Waals surface area (Å²) in [4.78, 5) is 109. The van der Waals surface area contributed by atoms with Gasteiger partial charge in [-0.15, -0.1) is 0 Å². The van der Waals surface area contributed by atoms with Crippen molar-refractivity contribution in [1.82, 2.24) is 0 Å². The fourth-order valence-corrected chi connectivity index (χ4v) is 8.97. The predicted molar refractivity (Wildman–Crippen MR) is 354 cm³/mol. The summed E-state index contributed by atoms with van der Waals surface area (Å²) in [7, 11) is 3.86. The number of benzene rings is 3. The molecule has 21 nitrogen and oxygen atoms in total. The van der Waals surface area contributed by atoms with Gasteiger partial charge in [0.2, 0.25) is 0 Å². The van der Waals surface area contributed by atoms with Gasteiger partial charge in [0, 0.05) is 18.2 Å². The van der Waals surface area contributed by atoms with Gasteiger partial charge in [0.15, 0.2) is 18.3 Å². The van der Waals surface area contributed by atoms with Crippen LogP contribution in [0, 0.1) is 56.3 Å². The molecule has 516 valence electrons. The van der Waals surface area contributed by atoms with Gasteiger partial charge in [0.05, 0.1) is 56.8 Å². The smallest absolute Gasteiger partial charge is 0.330 e. The molecule has 0 radical (unpaired) electrons. The molecular weight excluding hydrogens is 1210 g/mol. The molecule has 0 spiro atoms. The molecule has 0 bridgehead atoms. The molecule has 3 aromatic carbocycles. The van der Waals surface area contributed by atoms with Crippen molar-refractivity contribution in [2.75, 3.05) is 61.0 Å². The quantitative estimate of drug-likeness (QED) is 0.0297. The molecule has 0 saturated heterocycles. The molecule has 0 heterocycles. The Morgan fingerprint density at radius 3 is 0.766 bits per heavy atom. The van der Waals surface area contributed by atoms with E-state index >= 15 is 0 Å². The largest absolute Gasteiger partial charge is 0.489 e. The minimum atomic E-state index is -0.838. The highest BCUT2D eigenvalue weighted by molar-refractivity contribution is 5.85. The van der Waals surface area contributed by atoms with E-state index in [1.807, 2.05) is 112 Å². The molecule has 6 rings (SSSR count). The zero-order valence-corrected chi connectivity index (χ0v) is 55.4. The molecule has 9 unspecified atom stereocenters. The minimum absolute atomic E-state index is 0. The Bertz CT molecular complexity index is 2650. The highest BCUT2D eigenvalue weighted by Gasteiger charge is 2.40. The van der Waals surface area contributed by atoms with Crippen LogP contribution in [0.2, 0.25) is 0 Å². The first-order chi connectivity index (χ1) is 44.7. The number of rotatable bonds is 27. The number of hydrogen-bond donors (Lipinski definition) is 0. The van der Waals surface area contributed by atoms with Crippen molar-refractivity contribution in [3.05, 3.63) is 164 Å². The fourth-order valence-electron chi connectivity index (χ4n) is 8.97. The Hall–Kier alpha value is -9.27. The Morgan fingerprint density at radius 1 is 0.372 bits per heavy atom. The van der Waals surface area contributed by atoms with E-state index in [1.165, 1.54) is 34.2 Å². The van der Waals surface area contributed by atoms with Crippen molar-refractivity contribution < 1.29 is 100.0 Å². The monoisotopic (exact) mass is 1310 g/mol. The standard InChI is InChI=1S/3C22H26O7.2C3H8.CH4/c3*1-4-20(23)28-14-16(13-27-19-12-8-5-9-15(19)2)29-22(25)18-11-7-6-10-17(18)21(24)26-3;2*1-3-2;/h3*4-9,12,16-18H,1,10-11,13-14H2,2-3H3;2*3H2,1-2H3;1H4. The topological polar surface area (TPSA) is 264 Å². The molecule has 3 aromatic rings. The molecular formula is C73H98O21. The number of aryl methyl sites for hydroxylation is 3. The molecule has 21 heteroatoms. The minimum Gasteiger partial charge on any atom is -0.489 e. The van der Waals surface area contributed by atoms with Crippen LogP contribution in [0.3, 0.4) is 0 Å². The number of carbonyl (C=O) groups excluding carboxylic acids is 9. The summed E-state index contributed by atoms with van der Waals surface area (Å²) >= 11 is 0. The molecule has 3 aliphatic rings. The predicted octanol–water partition coefficient (Wildman–Crippen LogP) is 11.8. The lowest BCUT2D eigenvalue weighted by Gasteiger charge is -2.27. The number of allylic oxidation sites excluding steroid dienone is 6. The van der Waals surface area contributed by atoms with E-state index in [9.17, 15) is 43.2 Å². The summed E-state index contributed by atoms with van der Waals surface area (Å²) < 4.78 is 63.4.